The lowest BCUT2D eigenvalue weighted by molar-refractivity contribution is 0.449. The molecule has 0 heterocycles. The Morgan fingerprint density at radius 2 is 0.659 bits per heavy atom. The predicted molar refractivity (Wildman–Crippen MR) is 200 cm³/mol. The highest BCUT2D eigenvalue weighted by molar-refractivity contribution is 9.32. The lowest BCUT2D eigenvalue weighted by Crippen LogP contribution is -2.94. The van der Waals surface area contributed by atoms with Crippen LogP contribution in [0.3, 0.4) is 0 Å². The first-order valence-electron chi connectivity index (χ1n) is 15.4. The van der Waals surface area contributed by atoms with Gasteiger partial charge in [0, 0.05) is 0 Å². The van der Waals surface area contributed by atoms with E-state index < -0.39 is 19.5 Å². The van der Waals surface area contributed by atoms with Crippen molar-refractivity contribution in [3.63, 3.8) is 0 Å². The molecule has 0 saturated carbocycles. The van der Waals surface area contributed by atoms with Gasteiger partial charge in [-0.3, -0.25) is 0 Å². The van der Waals surface area contributed by atoms with Crippen LogP contribution < -0.4 is 15.6 Å². The smallest absolute Gasteiger partial charge is 0.123 e. The second kappa shape index (κ2) is 12.3. The minimum Gasteiger partial charge on any atom is -0.123 e. The van der Waals surface area contributed by atoms with Crippen LogP contribution in [0.4, 0.5) is 0 Å². The van der Waals surface area contributed by atoms with Gasteiger partial charge in [-0.15, -0.1) is 30.6 Å². The Hall–Kier alpha value is -0.729. The molecule has 0 nitrogen and oxygen atoms in total. The third-order valence-electron chi connectivity index (χ3n) is 11.7. The summed E-state index contributed by atoms with van der Waals surface area (Å²) in [5, 5.41) is 4.86. The first-order chi connectivity index (χ1) is 18.9. The fourth-order valence-corrected chi connectivity index (χ4v) is 96.4. The summed E-state index contributed by atoms with van der Waals surface area (Å²) in [6.45, 7) is 30.6. The van der Waals surface area contributed by atoms with Crippen LogP contribution in [0.5, 0.6) is 0 Å². The first-order valence-corrected chi connectivity index (χ1v) is 28.0. The zero-order valence-electron chi connectivity index (χ0n) is 27.6. The Labute approximate surface area is 270 Å². The van der Waals surface area contributed by atoms with Crippen LogP contribution in [0.15, 0.2) is 91.0 Å². The van der Waals surface area contributed by atoms with Gasteiger partial charge in [-0.1, -0.05) is 179 Å². The predicted octanol–water partition coefficient (Wildman–Crippen LogP) is 10.3. The summed E-state index contributed by atoms with van der Waals surface area (Å²) in [5.41, 5.74) is 0. The first kappa shape index (κ1) is 34.8. The van der Waals surface area contributed by atoms with E-state index in [1.807, 2.05) is 0 Å². The van der Waals surface area contributed by atoms with E-state index in [0.29, 0.717) is 17.8 Å². The van der Waals surface area contributed by atoms with E-state index >= 15 is 0 Å². The van der Waals surface area contributed by atoms with Crippen LogP contribution in [-0.2, 0) is 0 Å². The quantitative estimate of drug-likeness (QED) is 0.136. The fraction of sp³-hybridized carbons (Fsp3) is 0.500. The number of rotatable bonds is 11. The van der Waals surface area contributed by atoms with Gasteiger partial charge in [0.15, 0.2) is 12.4 Å². The average Bonchev–Trinajstić information content (AvgIpc) is 2.94. The molecule has 224 valence electrons. The lowest BCUT2D eigenvalue weighted by atomic mass is 9.99. The molecule has 3 aromatic carbocycles. The van der Waals surface area contributed by atoms with Crippen molar-refractivity contribution in [2.75, 3.05) is 0 Å². The Balaban J connectivity index is 2.90. The summed E-state index contributed by atoms with van der Waals surface area (Å²) in [5.74, 6) is 1.48. The van der Waals surface area contributed by atoms with Crippen LogP contribution in [-0.4, -0.2) is 19.5 Å². The van der Waals surface area contributed by atoms with Crippen LogP contribution in [0.1, 0.15) is 83.1 Å². The van der Waals surface area contributed by atoms with E-state index in [0.717, 1.165) is 0 Å². The molecule has 41 heavy (non-hydrogen) atoms. The standard InChI is InChI=1S/C36H54Br2Si3/c1-28(2)34(7,8)39(37,31-22-16-13-17-23-31)41(36(11,12)30(5)6,33-26-20-15-21-27-33)40(38,35(9,10)29(3)4)32-24-18-14-19-25-32/h13-30H,1-12H3/t39-,40-/m1/s1. The zero-order chi connectivity index (χ0) is 31.1. The number of hydrogen-bond donors (Lipinski definition) is 0. The average molecular weight is 731 g/mol. The van der Waals surface area contributed by atoms with Gasteiger partial charge < -0.3 is 0 Å². The summed E-state index contributed by atoms with van der Waals surface area (Å²) in [6, 6.07) is 35.3. The molecule has 2 atom stereocenters. The molecule has 0 aliphatic rings. The molecule has 3 rings (SSSR count). The summed E-state index contributed by atoms with van der Waals surface area (Å²) >= 11 is 10.1. The molecule has 5 heteroatoms. The van der Waals surface area contributed by atoms with E-state index in [4.69, 9.17) is 30.6 Å². The van der Waals surface area contributed by atoms with Crippen molar-refractivity contribution in [2.24, 2.45) is 17.8 Å². The van der Waals surface area contributed by atoms with Crippen molar-refractivity contribution in [3.8, 4) is 0 Å². The highest BCUT2D eigenvalue weighted by atomic mass is 79.9. The molecule has 0 amide bonds. The maximum Gasteiger partial charge on any atom is 0.161 e. The fourth-order valence-electron chi connectivity index (χ4n) is 7.29. The molecule has 0 aliphatic heterocycles. The number of hydrogen-bond acceptors (Lipinski definition) is 0. The Bertz CT molecular complexity index is 1200. The Morgan fingerprint density at radius 3 is 0.902 bits per heavy atom. The molecule has 0 N–H and O–H groups in total. The molecule has 0 unspecified atom stereocenters. The summed E-state index contributed by atoms with van der Waals surface area (Å²) in [4.78, 5) is 0. The molecule has 0 fully saturated rings. The SMILES string of the molecule is CC(C)C(C)(C)[Si](c1ccccc1)([Si@](Br)(c1ccccc1)C(C)(C)C(C)C)[Si@](Br)(c1ccccc1)C(C)(C)C(C)C. The monoisotopic (exact) mass is 728 g/mol. The van der Waals surface area contributed by atoms with Gasteiger partial charge in [-0.2, -0.15) is 0 Å². The normalized spacial score (nSPS) is 16.6. The van der Waals surface area contributed by atoms with E-state index in [2.05, 4.69) is 174 Å². The van der Waals surface area contributed by atoms with Crippen LogP contribution in [0, 0.1) is 17.8 Å². The molecular formula is C36H54Br2Si3. The molecule has 0 spiro atoms. The van der Waals surface area contributed by atoms with Crippen LogP contribution in [0.2, 0.25) is 15.1 Å². The Morgan fingerprint density at radius 1 is 0.415 bits per heavy atom. The highest BCUT2D eigenvalue weighted by Crippen LogP contribution is 2.67. The van der Waals surface area contributed by atoms with Gasteiger partial charge in [0.05, 0.1) is 0 Å². The minimum absolute atomic E-state index is 0.0454. The topological polar surface area (TPSA) is 0 Å². The molecule has 0 radical (unpaired) electrons. The van der Waals surface area contributed by atoms with Crippen molar-refractivity contribution < 1.29 is 0 Å². The van der Waals surface area contributed by atoms with Crippen molar-refractivity contribution in [2.45, 2.75) is 98.2 Å². The molecular weight excluding hydrogens is 676 g/mol. The molecule has 0 saturated heterocycles. The second-order valence-electron chi connectivity index (χ2n) is 14.8. The third-order valence-corrected chi connectivity index (χ3v) is 74.7. The van der Waals surface area contributed by atoms with Gasteiger partial charge in [0.2, 0.25) is 0 Å². The van der Waals surface area contributed by atoms with Gasteiger partial charge in [0.25, 0.3) is 0 Å². The zero-order valence-corrected chi connectivity index (χ0v) is 33.8. The van der Waals surface area contributed by atoms with E-state index in [-0.39, 0.29) is 15.1 Å². The second-order valence-corrected chi connectivity index (χ2v) is 46.6. The van der Waals surface area contributed by atoms with Gasteiger partial charge in [-0.25, -0.2) is 0 Å². The van der Waals surface area contributed by atoms with E-state index in [1.165, 1.54) is 0 Å². The minimum atomic E-state index is -2.74. The maximum atomic E-state index is 5.06. The highest BCUT2D eigenvalue weighted by Gasteiger charge is 2.80. The number of benzene rings is 3. The van der Waals surface area contributed by atoms with Gasteiger partial charge in [-0.05, 0) is 43.2 Å². The van der Waals surface area contributed by atoms with Crippen molar-refractivity contribution >= 4 is 65.7 Å². The summed E-state index contributed by atoms with van der Waals surface area (Å²) < 4.78 is 0. The summed E-state index contributed by atoms with van der Waals surface area (Å²) in [7, 11) is -2.74. The van der Waals surface area contributed by atoms with Gasteiger partial charge >= 0.3 is 0 Å². The van der Waals surface area contributed by atoms with Gasteiger partial charge in [0.1, 0.15) is 7.11 Å². The molecule has 0 aromatic heterocycles. The molecule has 0 bridgehead atoms. The largest absolute Gasteiger partial charge is 0.161 e. The molecule has 0 aliphatic carbocycles. The van der Waals surface area contributed by atoms with Crippen molar-refractivity contribution in [1.29, 1.82) is 0 Å². The van der Waals surface area contributed by atoms with Crippen molar-refractivity contribution in [1.82, 2.24) is 0 Å². The van der Waals surface area contributed by atoms with E-state index in [1.54, 1.807) is 15.6 Å². The third kappa shape index (κ3) is 5.02. The van der Waals surface area contributed by atoms with Crippen LogP contribution >= 0.6 is 30.6 Å². The Kier molecular flexibility index (Phi) is 10.5. The molecule has 3 aromatic rings. The summed E-state index contributed by atoms with van der Waals surface area (Å²) in [6.07, 6.45) is -5.29. The van der Waals surface area contributed by atoms with E-state index in [9.17, 15) is 0 Å². The maximum absolute atomic E-state index is 5.06. The van der Waals surface area contributed by atoms with Crippen LogP contribution in [0.25, 0.3) is 0 Å². The van der Waals surface area contributed by atoms with Crippen molar-refractivity contribution in [3.05, 3.63) is 91.0 Å². The number of halogens is 2. The lowest BCUT2D eigenvalue weighted by Gasteiger charge is -2.69.